The lowest BCUT2D eigenvalue weighted by atomic mass is 9.96. The van der Waals surface area contributed by atoms with Crippen molar-refractivity contribution in [3.05, 3.63) is 0 Å². The van der Waals surface area contributed by atoms with E-state index in [1.54, 1.807) is 0 Å². The monoisotopic (exact) mass is 263 g/mol. The summed E-state index contributed by atoms with van der Waals surface area (Å²) in [4.78, 5) is 2.62. The molecule has 1 aliphatic carbocycles. The van der Waals surface area contributed by atoms with Gasteiger partial charge in [-0.15, -0.1) is 0 Å². The quantitative estimate of drug-likeness (QED) is 0.718. The van der Waals surface area contributed by atoms with E-state index in [0.29, 0.717) is 6.04 Å². The number of hydrogen-bond acceptors (Lipinski definition) is 3. The van der Waals surface area contributed by atoms with Gasteiger partial charge in [0.05, 0.1) is 6.07 Å². The van der Waals surface area contributed by atoms with Crippen LogP contribution >= 0.6 is 0 Å². The summed E-state index contributed by atoms with van der Waals surface area (Å²) in [5, 5.41) is 12.8. The van der Waals surface area contributed by atoms with Gasteiger partial charge in [0.15, 0.2) is 0 Å². The fraction of sp³-hybridized carbons (Fsp3) is 0.938. The summed E-state index contributed by atoms with van der Waals surface area (Å²) in [6.07, 6.45) is 11.5. The molecule has 0 radical (unpaired) electrons. The molecule has 0 spiro atoms. The van der Waals surface area contributed by atoms with Gasteiger partial charge < -0.3 is 4.90 Å². The number of unbranched alkanes of at least 4 members (excludes halogenated alkanes) is 1. The zero-order valence-corrected chi connectivity index (χ0v) is 12.5. The first-order valence-electron chi connectivity index (χ1n) is 8.13. The Morgan fingerprint density at radius 3 is 2.42 bits per heavy atom. The first-order valence-corrected chi connectivity index (χ1v) is 8.13. The van der Waals surface area contributed by atoms with Gasteiger partial charge in [0, 0.05) is 6.04 Å². The number of nitrogens with one attached hydrogen (secondary N) is 1. The Bertz CT molecular complexity index is 298. The van der Waals surface area contributed by atoms with Gasteiger partial charge in [-0.3, -0.25) is 5.32 Å². The number of nitrogens with zero attached hydrogens (tertiary/aromatic N) is 2. The van der Waals surface area contributed by atoms with Gasteiger partial charge in [-0.05, 0) is 71.5 Å². The van der Waals surface area contributed by atoms with Gasteiger partial charge in [-0.25, -0.2) is 0 Å². The normalized spacial score (nSPS) is 24.4. The van der Waals surface area contributed by atoms with E-state index < -0.39 is 0 Å². The number of nitriles is 1. The zero-order valence-electron chi connectivity index (χ0n) is 12.5. The van der Waals surface area contributed by atoms with Crippen molar-refractivity contribution in [2.45, 2.75) is 76.3 Å². The van der Waals surface area contributed by atoms with Gasteiger partial charge in [-0.2, -0.15) is 5.26 Å². The van der Waals surface area contributed by atoms with Crippen LogP contribution in [-0.2, 0) is 0 Å². The maximum atomic E-state index is 9.32. The fourth-order valence-corrected chi connectivity index (χ4v) is 3.01. The Morgan fingerprint density at radius 2 is 1.84 bits per heavy atom. The Labute approximate surface area is 118 Å². The molecule has 2 aliphatic rings. The van der Waals surface area contributed by atoms with E-state index in [2.05, 4.69) is 23.2 Å². The minimum absolute atomic E-state index is 0.292. The summed E-state index contributed by atoms with van der Waals surface area (Å²) in [7, 11) is 0. The van der Waals surface area contributed by atoms with Crippen LogP contribution in [0.2, 0.25) is 0 Å². The fourth-order valence-electron chi connectivity index (χ4n) is 3.01. The third-order valence-corrected chi connectivity index (χ3v) is 4.45. The Balaban J connectivity index is 1.60. The third-order valence-electron chi connectivity index (χ3n) is 4.45. The van der Waals surface area contributed by atoms with Crippen molar-refractivity contribution in [1.82, 2.24) is 10.2 Å². The van der Waals surface area contributed by atoms with E-state index in [1.807, 2.05) is 0 Å². The Hall–Kier alpha value is -0.590. The van der Waals surface area contributed by atoms with Crippen molar-refractivity contribution in [1.29, 1.82) is 5.26 Å². The lowest BCUT2D eigenvalue weighted by Crippen LogP contribution is -2.42. The number of hydrogen-bond donors (Lipinski definition) is 1. The molecule has 1 aliphatic heterocycles. The SMILES string of the molecule is CC(C#N)(CCCCN1CCCCCC1)NC1CC1. The van der Waals surface area contributed by atoms with Gasteiger partial charge in [0.25, 0.3) is 0 Å². The van der Waals surface area contributed by atoms with E-state index >= 15 is 0 Å². The molecule has 1 saturated heterocycles. The minimum Gasteiger partial charge on any atom is -0.303 e. The largest absolute Gasteiger partial charge is 0.303 e. The molecule has 2 fully saturated rings. The summed E-state index contributed by atoms with van der Waals surface area (Å²) in [6.45, 7) is 5.87. The van der Waals surface area contributed by atoms with Crippen molar-refractivity contribution in [2.24, 2.45) is 0 Å². The molecule has 1 saturated carbocycles. The molecular weight excluding hydrogens is 234 g/mol. The van der Waals surface area contributed by atoms with Crippen molar-refractivity contribution in [3.63, 3.8) is 0 Å². The molecule has 1 atom stereocenters. The molecule has 1 unspecified atom stereocenters. The van der Waals surface area contributed by atoms with Crippen LogP contribution in [0.15, 0.2) is 0 Å². The predicted molar refractivity (Wildman–Crippen MR) is 78.9 cm³/mol. The molecule has 3 nitrogen and oxygen atoms in total. The van der Waals surface area contributed by atoms with Gasteiger partial charge in [-0.1, -0.05) is 12.8 Å². The van der Waals surface area contributed by atoms with Crippen LogP contribution in [0.1, 0.15) is 64.7 Å². The lowest BCUT2D eigenvalue weighted by Gasteiger charge is -2.24. The van der Waals surface area contributed by atoms with Crippen molar-refractivity contribution in [3.8, 4) is 6.07 Å². The molecule has 3 heteroatoms. The summed E-state index contributed by atoms with van der Waals surface area (Å²) < 4.78 is 0. The molecule has 108 valence electrons. The van der Waals surface area contributed by atoms with Crippen LogP contribution < -0.4 is 5.32 Å². The average molecular weight is 263 g/mol. The average Bonchev–Trinajstić information content (AvgIpc) is 3.22. The van der Waals surface area contributed by atoms with Crippen LogP contribution in [0, 0.1) is 11.3 Å². The van der Waals surface area contributed by atoms with Gasteiger partial charge in [0.2, 0.25) is 0 Å². The molecule has 0 aromatic carbocycles. The molecule has 1 heterocycles. The van der Waals surface area contributed by atoms with Gasteiger partial charge >= 0.3 is 0 Å². The summed E-state index contributed by atoms with van der Waals surface area (Å²) in [6, 6.07) is 3.09. The van der Waals surface area contributed by atoms with Gasteiger partial charge in [0.1, 0.15) is 5.54 Å². The third kappa shape index (κ3) is 5.50. The number of rotatable bonds is 7. The smallest absolute Gasteiger partial charge is 0.104 e. The highest BCUT2D eigenvalue weighted by Gasteiger charge is 2.31. The summed E-state index contributed by atoms with van der Waals surface area (Å²) in [5.41, 5.74) is -0.292. The van der Waals surface area contributed by atoms with Crippen molar-refractivity contribution in [2.75, 3.05) is 19.6 Å². The molecule has 2 rings (SSSR count). The molecule has 0 amide bonds. The van der Waals surface area contributed by atoms with E-state index in [0.717, 1.165) is 6.42 Å². The van der Waals surface area contributed by atoms with E-state index in [4.69, 9.17) is 0 Å². The standard InChI is InChI=1S/C16H29N3/c1-16(14-17,18-15-8-9-15)10-4-7-13-19-11-5-2-3-6-12-19/h15,18H,2-13H2,1H3. The first-order chi connectivity index (χ1) is 9.22. The van der Waals surface area contributed by atoms with Crippen LogP contribution in [-0.4, -0.2) is 36.1 Å². The molecule has 0 aromatic rings. The second kappa shape index (κ2) is 7.26. The molecule has 0 aromatic heterocycles. The van der Waals surface area contributed by atoms with Crippen LogP contribution in [0.25, 0.3) is 0 Å². The Morgan fingerprint density at radius 1 is 1.16 bits per heavy atom. The first kappa shape index (κ1) is 14.8. The summed E-state index contributed by atoms with van der Waals surface area (Å²) >= 11 is 0. The second-order valence-electron chi connectivity index (χ2n) is 6.58. The zero-order chi connectivity index (χ0) is 13.6. The van der Waals surface area contributed by atoms with E-state index in [1.165, 1.54) is 71.0 Å². The second-order valence-corrected chi connectivity index (χ2v) is 6.58. The van der Waals surface area contributed by atoms with E-state index in [-0.39, 0.29) is 5.54 Å². The number of likely N-dealkylation sites (tertiary alicyclic amines) is 1. The summed E-state index contributed by atoms with van der Waals surface area (Å²) in [5.74, 6) is 0. The Kier molecular flexibility index (Phi) is 5.66. The van der Waals surface area contributed by atoms with Crippen LogP contribution in [0.4, 0.5) is 0 Å². The van der Waals surface area contributed by atoms with Crippen molar-refractivity contribution < 1.29 is 0 Å². The lowest BCUT2D eigenvalue weighted by molar-refractivity contribution is 0.272. The van der Waals surface area contributed by atoms with Crippen molar-refractivity contribution >= 4 is 0 Å². The van der Waals surface area contributed by atoms with Crippen LogP contribution in [0.5, 0.6) is 0 Å². The maximum absolute atomic E-state index is 9.32. The predicted octanol–water partition coefficient (Wildman–Crippen LogP) is 3.07. The molecule has 0 bridgehead atoms. The van der Waals surface area contributed by atoms with E-state index in [9.17, 15) is 5.26 Å². The minimum atomic E-state index is -0.292. The molecule has 19 heavy (non-hydrogen) atoms. The highest BCUT2D eigenvalue weighted by Crippen LogP contribution is 2.24. The topological polar surface area (TPSA) is 39.1 Å². The highest BCUT2D eigenvalue weighted by atomic mass is 15.1. The molecule has 1 N–H and O–H groups in total. The highest BCUT2D eigenvalue weighted by molar-refractivity contribution is 5.06. The van der Waals surface area contributed by atoms with Crippen LogP contribution in [0.3, 0.4) is 0 Å². The maximum Gasteiger partial charge on any atom is 0.104 e. The molecular formula is C16H29N3.